The summed E-state index contributed by atoms with van der Waals surface area (Å²) in [5.74, 6) is 0.665. The third kappa shape index (κ3) is 2.34. The Morgan fingerprint density at radius 3 is 3.00 bits per heavy atom. The average Bonchev–Trinajstić information content (AvgIpc) is 2.70. The average molecular weight is 236 g/mol. The van der Waals surface area contributed by atoms with Crippen molar-refractivity contribution in [1.82, 2.24) is 0 Å². The molecule has 92 valence electrons. The maximum atomic E-state index is 11.7. The zero-order valence-corrected chi connectivity index (χ0v) is 9.76. The first kappa shape index (κ1) is 11.7. The van der Waals surface area contributed by atoms with Gasteiger partial charge in [0.1, 0.15) is 11.9 Å². The highest BCUT2D eigenvalue weighted by Crippen LogP contribution is 2.31. The van der Waals surface area contributed by atoms with Crippen LogP contribution in [0.25, 0.3) is 0 Å². The molecule has 0 bridgehead atoms. The van der Waals surface area contributed by atoms with E-state index >= 15 is 0 Å². The number of carbonyl (C=O) groups is 1. The van der Waals surface area contributed by atoms with Crippen molar-refractivity contribution in [3.63, 3.8) is 0 Å². The highest BCUT2D eigenvalue weighted by atomic mass is 16.6. The predicted octanol–water partition coefficient (Wildman–Crippen LogP) is 1.37. The Kier molecular flexibility index (Phi) is 3.49. The first-order chi connectivity index (χ1) is 8.26. The van der Waals surface area contributed by atoms with E-state index in [0.717, 1.165) is 5.69 Å². The standard InChI is InChI=1S/C12H16N2O3/c1-16-11-5-3-2-4-10(11)14-8-9(6-7-13)17-12(14)15/h2-5,9H,6-8,13H2,1H3. The van der Waals surface area contributed by atoms with E-state index < -0.39 is 0 Å². The second kappa shape index (κ2) is 5.05. The van der Waals surface area contributed by atoms with Crippen LogP contribution in [0.4, 0.5) is 10.5 Å². The molecule has 17 heavy (non-hydrogen) atoms. The molecule has 5 nitrogen and oxygen atoms in total. The third-order valence-corrected chi connectivity index (χ3v) is 2.74. The lowest BCUT2D eigenvalue weighted by Crippen LogP contribution is -2.25. The summed E-state index contributed by atoms with van der Waals surface area (Å²) in [6.45, 7) is 1.04. The van der Waals surface area contributed by atoms with E-state index in [4.69, 9.17) is 15.2 Å². The molecule has 0 aromatic heterocycles. The molecule has 1 aromatic rings. The van der Waals surface area contributed by atoms with Gasteiger partial charge in [-0.15, -0.1) is 0 Å². The minimum Gasteiger partial charge on any atom is -0.495 e. The quantitative estimate of drug-likeness (QED) is 0.857. The number of rotatable bonds is 4. The maximum Gasteiger partial charge on any atom is 0.414 e. The van der Waals surface area contributed by atoms with Gasteiger partial charge in [-0.1, -0.05) is 12.1 Å². The first-order valence-electron chi connectivity index (χ1n) is 5.57. The number of ether oxygens (including phenoxy) is 2. The summed E-state index contributed by atoms with van der Waals surface area (Å²) in [4.78, 5) is 13.3. The molecule has 2 rings (SSSR count). The van der Waals surface area contributed by atoms with E-state index in [-0.39, 0.29) is 12.2 Å². The largest absolute Gasteiger partial charge is 0.495 e. The number of nitrogens with two attached hydrogens (primary N) is 1. The van der Waals surface area contributed by atoms with Crippen molar-refractivity contribution in [2.45, 2.75) is 12.5 Å². The Labute approximate surface area is 100 Å². The van der Waals surface area contributed by atoms with Gasteiger partial charge in [0.15, 0.2) is 0 Å². The summed E-state index contributed by atoms with van der Waals surface area (Å²) in [5.41, 5.74) is 6.20. The molecule has 0 radical (unpaired) electrons. The number of cyclic esters (lactones) is 1. The van der Waals surface area contributed by atoms with Crippen molar-refractivity contribution in [3.8, 4) is 5.75 Å². The van der Waals surface area contributed by atoms with Crippen LogP contribution in [-0.4, -0.2) is 32.4 Å². The second-order valence-electron chi connectivity index (χ2n) is 3.87. The maximum absolute atomic E-state index is 11.7. The lowest BCUT2D eigenvalue weighted by atomic mass is 10.2. The normalized spacial score (nSPS) is 19.3. The number of methoxy groups -OCH3 is 1. The summed E-state index contributed by atoms with van der Waals surface area (Å²) in [6, 6.07) is 7.38. The molecule has 0 aliphatic carbocycles. The molecule has 0 saturated carbocycles. The van der Waals surface area contributed by atoms with Crippen LogP contribution in [-0.2, 0) is 4.74 Å². The lowest BCUT2D eigenvalue weighted by molar-refractivity contribution is 0.138. The summed E-state index contributed by atoms with van der Waals surface area (Å²) in [6.07, 6.45) is 0.211. The Morgan fingerprint density at radius 2 is 2.29 bits per heavy atom. The van der Waals surface area contributed by atoms with Crippen LogP contribution in [0, 0.1) is 0 Å². The fraction of sp³-hybridized carbons (Fsp3) is 0.417. The number of amides is 1. The van der Waals surface area contributed by atoms with Crippen LogP contribution in [0.1, 0.15) is 6.42 Å². The number of carbonyl (C=O) groups excluding carboxylic acids is 1. The molecule has 0 spiro atoms. The summed E-state index contributed by atoms with van der Waals surface area (Å²) < 4.78 is 10.4. The number of anilines is 1. The van der Waals surface area contributed by atoms with E-state index in [1.807, 2.05) is 24.3 Å². The zero-order valence-electron chi connectivity index (χ0n) is 9.76. The number of benzene rings is 1. The lowest BCUT2D eigenvalue weighted by Gasteiger charge is -2.16. The van der Waals surface area contributed by atoms with Gasteiger partial charge in [-0.2, -0.15) is 0 Å². The van der Waals surface area contributed by atoms with Gasteiger partial charge in [0.2, 0.25) is 0 Å². The van der Waals surface area contributed by atoms with E-state index in [1.54, 1.807) is 12.0 Å². The van der Waals surface area contributed by atoms with Crippen LogP contribution in [0.15, 0.2) is 24.3 Å². The Balaban J connectivity index is 2.20. The molecular weight excluding hydrogens is 220 g/mol. The fourth-order valence-corrected chi connectivity index (χ4v) is 1.91. The van der Waals surface area contributed by atoms with Crippen LogP contribution in [0.5, 0.6) is 5.75 Å². The summed E-state index contributed by atoms with van der Waals surface area (Å²) >= 11 is 0. The van der Waals surface area contributed by atoms with Crippen molar-refractivity contribution in [3.05, 3.63) is 24.3 Å². The van der Waals surface area contributed by atoms with Crippen molar-refractivity contribution < 1.29 is 14.3 Å². The Morgan fingerprint density at radius 1 is 1.53 bits per heavy atom. The van der Waals surface area contributed by atoms with Gasteiger partial charge in [-0.3, -0.25) is 4.90 Å². The SMILES string of the molecule is COc1ccccc1N1CC(CCN)OC1=O. The molecule has 1 amide bonds. The predicted molar refractivity (Wildman–Crippen MR) is 64.3 cm³/mol. The van der Waals surface area contributed by atoms with Crippen molar-refractivity contribution in [1.29, 1.82) is 0 Å². The van der Waals surface area contributed by atoms with Crippen LogP contribution < -0.4 is 15.4 Å². The fourth-order valence-electron chi connectivity index (χ4n) is 1.91. The molecular formula is C12H16N2O3. The number of hydrogen-bond acceptors (Lipinski definition) is 4. The Hall–Kier alpha value is -1.75. The smallest absolute Gasteiger partial charge is 0.414 e. The van der Waals surface area contributed by atoms with Crippen LogP contribution in [0.3, 0.4) is 0 Å². The molecule has 1 heterocycles. The van der Waals surface area contributed by atoms with Gasteiger partial charge in [-0.25, -0.2) is 4.79 Å². The molecule has 1 fully saturated rings. The van der Waals surface area contributed by atoms with Crippen LogP contribution in [0.2, 0.25) is 0 Å². The highest BCUT2D eigenvalue weighted by molar-refractivity contribution is 5.91. The molecule has 1 atom stereocenters. The van der Waals surface area contributed by atoms with Gasteiger partial charge in [0, 0.05) is 0 Å². The number of hydrogen-bond donors (Lipinski definition) is 1. The van der Waals surface area contributed by atoms with E-state index in [1.165, 1.54) is 0 Å². The first-order valence-corrected chi connectivity index (χ1v) is 5.57. The molecule has 1 aliphatic heterocycles. The summed E-state index contributed by atoms with van der Waals surface area (Å²) in [7, 11) is 1.58. The monoisotopic (exact) mass is 236 g/mol. The van der Waals surface area contributed by atoms with Crippen molar-refractivity contribution in [2.24, 2.45) is 5.73 Å². The molecule has 1 aromatic carbocycles. The third-order valence-electron chi connectivity index (χ3n) is 2.74. The molecule has 2 N–H and O–H groups in total. The van der Waals surface area contributed by atoms with E-state index in [2.05, 4.69) is 0 Å². The molecule has 1 saturated heterocycles. The van der Waals surface area contributed by atoms with Gasteiger partial charge in [-0.05, 0) is 25.1 Å². The van der Waals surface area contributed by atoms with Gasteiger partial charge in [0.25, 0.3) is 0 Å². The topological polar surface area (TPSA) is 64.8 Å². The van der Waals surface area contributed by atoms with Crippen molar-refractivity contribution >= 4 is 11.8 Å². The van der Waals surface area contributed by atoms with Crippen molar-refractivity contribution in [2.75, 3.05) is 25.1 Å². The number of nitrogens with zero attached hydrogens (tertiary/aromatic N) is 1. The second-order valence-corrected chi connectivity index (χ2v) is 3.87. The van der Waals surface area contributed by atoms with E-state index in [0.29, 0.717) is 25.3 Å². The minimum absolute atomic E-state index is 0.127. The molecule has 1 unspecified atom stereocenters. The van der Waals surface area contributed by atoms with E-state index in [9.17, 15) is 4.79 Å². The van der Waals surface area contributed by atoms with Gasteiger partial charge < -0.3 is 15.2 Å². The summed E-state index contributed by atoms with van der Waals surface area (Å²) in [5, 5.41) is 0. The Bertz CT molecular complexity index is 408. The molecule has 1 aliphatic rings. The van der Waals surface area contributed by atoms with Crippen LogP contribution >= 0.6 is 0 Å². The zero-order chi connectivity index (χ0) is 12.3. The number of para-hydroxylation sites is 2. The van der Waals surface area contributed by atoms with Gasteiger partial charge in [0.05, 0.1) is 19.3 Å². The minimum atomic E-state index is -0.340. The molecule has 5 heteroatoms. The highest BCUT2D eigenvalue weighted by Gasteiger charge is 2.33. The van der Waals surface area contributed by atoms with Gasteiger partial charge >= 0.3 is 6.09 Å².